The Labute approximate surface area is 187 Å². The fraction of sp³-hybridized carbons (Fsp3) is 0.391. The zero-order valence-electron chi connectivity index (χ0n) is 18.8. The normalized spacial score (nSPS) is 15.1. The summed E-state index contributed by atoms with van der Waals surface area (Å²) in [4.78, 5) is 25.9. The van der Waals surface area contributed by atoms with Crippen molar-refractivity contribution in [1.82, 2.24) is 19.7 Å². The van der Waals surface area contributed by atoms with E-state index in [1.807, 2.05) is 43.5 Å². The Bertz CT molecular complexity index is 1110. The average Bonchev–Trinajstić information content (AvgIpc) is 3.22. The maximum atomic E-state index is 13.1. The monoisotopic (exact) mass is 437 g/mol. The number of rotatable bonds is 7. The lowest BCUT2D eigenvalue weighted by molar-refractivity contribution is -0.123. The van der Waals surface area contributed by atoms with E-state index >= 15 is 0 Å². The first kappa shape index (κ1) is 21.7. The smallest absolute Gasteiger partial charge is 0.252 e. The van der Waals surface area contributed by atoms with Crippen molar-refractivity contribution >= 4 is 23.4 Å². The number of anilines is 3. The van der Waals surface area contributed by atoms with Gasteiger partial charge in [-0.05, 0) is 45.4 Å². The van der Waals surface area contributed by atoms with Crippen LogP contribution in [0.3, 0.4) is 0 Å². The predicted octanol–water partition coefficient (Wildman–Crippen LogP) is 3.44. The van der Waals surface area contributed by atoms with Gasteiger partial charge in [0.1, 0.15) is 17.0 Å². The summed E-state index contributed by atoms with van der Waals surface area (Å²) in [5, 5.41) is 7.64. The molecule has 168 valence electrons. The Kier molecular flexibility index (Phi) is 5.82. The van der Waals surface area contributed by atoms with Gasteiger partial charge in [0.2, 0.25) is 5.95 Å². The lowest BCUT2D eigenvalue weighted by Crippen LogP contribution is -2.60. The van der Waals surface area contributed by atoms with E-state index in [1.165, 1.54) is 12.1 Å². The number of nitrogens with one attached hydrogen (secondary N) is 1. The number of amides is 1. The Balaban J connectivity index is 1.49. The minimum Gasteiger partial charge on any atom is -0.350 e. The third-order valence-electron chi connectivity index (χ3n) is 5.77. The maximum absolute atomic E-state index is 13.1. The molecule has 1 N–H and O–H groups in total. The van der Waals surface area contributed by atoms with Crippen LogP contribution in [0.4, 0.5) is 21.8 Å². The van der Waals surface area contributed by atoms with Crippen LogP contribution >= 0.6 is 0 Å². The molecule has 1 aliphatic heterocycles. The molecule has 0 unspecified atom stereocenters. The highest BCUT2D eigenvalue weighted by Gasteiger charge is 2.44. The van der Waals surface area contributed by atoms with Crippen LogP contribution in [0.1, 0.15) is 38.8 Å². The summed E-state index contributed by atoms with van der Waals surface area (Å²) in [5.74, 6) is 1.05. The second-order valence-corrected chi connectivity index (χ2v) is 8.28. The van der Waals surface area contributed by atoms with Gasteiger partial charge < -0.3 is 15.1 Å². The average molecular weight is 438 g/mol. The molecule has 0 saturated heterocycles. The molecular weight excluding hydrogens is 409 g/mol. The van der Waals surface area contributed by atoms with Crippen molar-refractivity contribution in [3.8, 4) is 0 Å². The maximum Gasteiger partial charge on any atom is 0.252 e. The minimum absolute atomic E-state index is 0.0484. The molecule has 0 atom stereocenters. The zero-order chi connectivity index (χ0) is 22.9. The fourth-order valence-electron chi connectivity index (χ4n) is 4.06. The number of fused-ring (bicyclic) bond motifs is 1. The molecule has 3 aromatic rings. The van der Waals surface area contributed by atoms with Gasteiger partial charge in [-0.1, -0.05) is 12.1 Å². The van der Waals surface area contributed by atoms with Crippen molar-refractivity contribution in [2.24, 2.45) is 0 Å². The van der Waals surface area contributed by atoms with Crippen LogP contribution in [0.2, 0.25) is 0 Å². The van der Waals surface area contributed by atoms with Crippen LogP contribution in [0.15, 0.2) is 42.9 Å². The van der Waals surface area contributed by atoms with E-state index in [4.69, 9.17) is 4.98 Å². The van der Waals surface area contributed by atoms with Crippen LogP contribution in [0.5, 0.6) is 0 Å². The van der Waals surface area contributed by atoms with Gasteiger partial charge in [-0.3, -0.25) is 9.48 Å². The lowest BCUT2D eigenvalue weighted by atomic mass is 9.97. The summed E-state index contributed by atoms with van der Waals surface area (Å²) in [7, 11) is 0. The second kappa shape index (κ2) is 8.57. The molecule has 9 heteroatoms. The quantitative estimate of drug-likeness (QED) is 0.610. The highest BCUT2D eigenvalue weighted by atomic mass is 19.1. The Morgan fingerprint density at radius 2 is 1.81 bits per heavy atom. The third-order valence-corrected chi connectivity index (χ3v) is 5.77. The molecular formula is C23H28FN7O. The van der Waals surface area contributed by atoms with Crippen LogP contribution in [-0.2, 0) is 17.9 Å². The molecule has 0 radical (unpaired) electrons. The van der Waals surface area contributed by atoms with Crippen LogP contribution in [-0.4, -0.2) is 44.3 Å². The van der Waals surface area contributed by atoms with E-state index in [0.29, 0.717) is 32.1 Å². The van der Waals surface area contributed by atoms with Crippen molar-refractivity contribution < 1.29 is 9.18 Å². The molecule has 1 aliphatic rings. The number of benzene rings is 1. The van der Waals surface area contributed by atoms with E-state index in [-0.39, 0.29) is 11.7 Å². The number of nitrogens with zero attached hydrogens (tertiary/aromatic N) is 6. The minimum atomic E-state index is -0.676. The Hall–Kier alpha value is -3.49. The molecule has 2 aromatic heterocycles. The van der Waals surface area contributed by atoms with Crippen molar-refractivity contribution in [2.45, 2.75) is 46.3 Å². The molecule has 0 aliphatic carbocycles. The van der Waals surface area contributed by atoms with Gasteiger partial charge in [-0.25, -0.2) is 9.37 Å². The second-order valence-electron chi connectivity index (χ2n) is 8.28. The summed E-state index contributed by atoms with van der Waals surface area (Å²) in [6.45, 7) is 10.1. The molecule has 1 amide bonds. The third kappa shape index (κ3) is 4.02. The van der Waals surface area contributed by atoms with Gasteiger partial charge in [-0.2, -0.15) is 10.1 Å². The first-order chi connectivity index (χ1) is 15.3. The van der Waals surface area contributed by atoms with Crippen molar-refractivity contribution in [1.29, 1.82) is 0 Å². The number of likely N-dealkylation sites (N-methyl/N-ethyl adjacent to an activating group) is 2. The molecule has 8 nitrogen and oxygen atoms in total. The molecule has 0 bridgehead atoms. The molecule has 0 fully saturated rings. The predicted molar refractivity (Wildman–Crippen MR) is 122 cm³/mol. The lowest BCUT2D eigenvalue weighted by Gasteiger charge is -2.46. The topological polar surface area (TPSA) is 79.2 Å². The standard InChI is InChI=1S/C23H28FN7O/c1-5-30-19-13-26-22(28-20(19)31(6-2)23(3,4)21(30)32)25-11-17-12-27-29(15-17)14-16-7-9-18(24)10-8-16/h7-10,12-13,15H,5-6,11,14H2,1-4H3,(H,25,26,28). The van der Waals surface area contributed by atoms with E-state index in [0.717, 1.165) is 22.6 Å². The molecule has 0 saturated carbocycles. The summed E-state index contributed by atoms with van der Waals surface area (Å²) in [6.07, 6.45) is 5.43. The number of hydrogen-bond acceptors (Lipinski definition) is 6. The van der Waals surface area contributed by atoms with Gasteiger partial charge in [0.15, 0.2) is 5.82 Å². The Morgan fingerprint density at radius 3 is 2.50 bits per heavy atom. The van der Waals surface area contributed by atoms with Gasteiger partial charge >= 0.3 is 0 Å². The van der Waals surface area contributed by atoms with Crippen LogP contribution in [0, 0.1) is 5.82 Å². The summed E-state index contributed by atoms with van der Waals surface area (Å²) < 4.78 is 14.9. The SMILES string of the molecule is CCN1C(=O)C(C)(C)N(CC)c2nc(NCc3cnn(Cc4ccc(F)cc4)c3)ncc21. The largest absolute Gasteiger partial charge is 0.350 e. The highest BCUT2D eigenvalue weighted by Crippen LogP contribution is 2.38. The fourth-order valence-corrected chi connectivity index (χ4v) is 4.06. The number of halogens is 1. The van der Waals surface area contributed by atoms with Gasteiger partial charge in [0.05, 0.1) is 18.9 Å². The number of carbonyl (C=O) groups excluding carboxylic acids is 1. The van der Waals surface area contributed by atoms with Crippen LogP contribution < -0.4 is 15.1 Å². The molecule has 3 heterocycles. The van der Waals surface area contributed by atoms with Gasteiger partial charge in [0, 0.05) is 31.4 Å². The molecule has 4 rings (SSSR count). The molecule has 32 heavy (non-hydrogen) atoms. The van der Waals surface area contributed by atoms with Crippen LogP contribution in [0.25, 0.3) is 0 Å². The van der Waals surface area contributed by atoms with Crippen molar-refractivity contribution in [3.05, 3.63) is 59.8 Å². The first-order valence-electron chi connectivity index (χ1n) is 10.8. The van der Waals surface area contributed by atoms with E-state index in [9.17, 15) is 9.18 Å². The molecule has 1 aromatic carbocycles. The van der Waals surface area contributed by atoms with E-state index in [2.05, 4.69) is 15.4 Å². The van der Waals surface area contributed by atoms with Gasteiger partial charge in [-0.15, -0.1) is 0 Å². The molecule has 0 spiro atoms. The first-order valence-corrected chi connectivity index (χ1v) is 10.8. The van der Waals surface area contributed by atoms with Crippen molar-refractivity contribution in [2.75, 3.05) is 28.2 Å². The number of aromatic nitrogens is 4. The summed E-state index contributed by atoms with van der Waals surface area (Å²) in [5.41, 5.74) is 2.01. The van der Waals surface area contributed by atoms with Gasteiger partial charge in [0.25, 0.3) is 5.91 Å². The summed E-state index contributed by atoms with van der Waals surface area (Å²) >= 11 is 0. The summed E-state index contributed by atoms with van der Waals surface area (Å²) in [6, 6.07) is 6.40. The van der Waals surface area contributed by atoms with E-state index in [1.54, 1.807) is 29.4 Å². The number of hydrogen-bond donors (Lipinski definition) is 1. The Morgan fingerprint density at radius 1 is 1.06 bits per heavy atom. The van der Waals surface area contributed by atoms with Crippen molar-refractivity contribution in [3.63, 3.8) is 0 Å². The number of carbonyl (C=O) groups is 1. The highest BCUT2D eigenvalue weighted by molar-refractivity contribution is 6.07. The zero-order valence-corrected chi connectivity index (χ0v) is 18.8. The van der Waals surface area contributed by atoms with E-state index < -0.39 is 5.54 Å².